The zero-order valence-electron chi connectivity index (χ0n) is 19.5. The van der Waals surface area contributed by atoms with E-state index in [1.165, 1.54) is 0 Å². The highest BCUT2D eigenvalue weighted by molar-refractivity contribution is 7.98. The summed E-state index contributed by atoms with van der Waals surface area (Å²) >= 11 is 1.66. The largest absolute Gasteiger partial charge is 0.444 e. The van der Waals surface area contributed by atoms with Gasteiger partial charge in [0.05, 0.1) is 11.2 Å². The minimum atomic E-state index is -0.601. The fourth-order valence-corrected chi connectivity index (χ4v) is 3.64. The lowest BCUT2D eigenvalue weighted by molar-refractivity contribution is 0.0512. The molecule has 1 atom stereocenters. The van der Waals surface area contributed by atoms with E-state index in [9.17, 15) is 9.59 Å². The second kappa shape index (κ2) is 9.76. The molecule has 1 aromatic heterocycles. The van der Waals surface area contributed by atoms with Gasteiger partial charge in [-0.3, -0.25) is 5.32 Å². The maximum Gasteiger partial charge on any atom is 0.412 e. The predicted molar refractivity (Wildman–Crippen MR) is 123 cm³/mol. The first kappa shape index (κ1) is 24.8. The molecular weight excluding hydrogens is 418 g/mol. The van der Waals surface area contributed by atoms with Gasteiger partial charge in [-0.25, -0.2) is 14.3 Å². The van der Waals surface area contributed by atoms with Gasteiger partial charge in [-0.2, -0.15) is 11.8 Å². The standard InChI is InChI=1S/C21H33N5O4S/c1-13(22-18(27)29-20(2,3)4)11-31-12-14-9-15(23-19(28)30-21(5,6)7)17-16(10-14)26(8)25-24-17/h9-10,13H,11-12H2,1-8H3,(H,22,27)(H,23,28)/t13-/m1/s1. The Kier molecular flexibility index (Phi) is 7.80. The van der Waals surface area contributed by atoms with Crippen molar-refractivity contribution in [2.24, 2.45) is 7.05 Å². The zero-order chi connectivity index (χ0) is 23.4. The van der Waals surface area contributed by atoms with E-state index in [0.29, 0.717) is 22.7 Å². The van der Waals surface area contributed by atoms with Crippen LogP contribution in [-0.4, -0.2) is 50.2 Å². The molecule has 0 spiro atoms. The SMILES string of the molecule is C[C@H](CSCc1cc(NC(=O)OC(C)(C)C)c2nnn(C)c2c1)NC(=O)OC(C)(C)C. The third-order valence-corrected chi connectivity index (χ3v) is 5.09. The summed E-state index contributed by atoms with van der Waals surface area (Å²) in [5.74, 6) is 1.39. The van der Waals surface area contributed by atoms with Crippen LogP contribution in [0.5, 0.6) is 0 Å². The highest BCUT2D eigenvalue weighted by Crippen LogP contribution is 2.26. The third kappa shape index (κ3) is 8.28. The van der Waals surface area contributed by atoms with Gasteiger partial charge in [-0.05, 0) is 66.2 Å². The summed E-state index contributed by atoms with van der Waals surface area (Å²) in [5, 5.41) is 13.8. The first-order valence-electron chi connectivity index (χ1n) is 10.1. The molecule has 0 aliphatic carbocycles. The number of aromatic nitrogens is 3. The molecule has 2 amide bonds. The Morgan fingerprint density at radius 3 is 2.32 bits per heavy atom. The number of thioether (sulfide) groups is 1. The molecule has 2 rings (SSSR count). The van der Waals surface area contributed by atoms with E-state index < -0.39 is 23.4 Å². The van der Waals surface area contributed by atoms with Crippen molar-refractivity contribution < 1.29 is 19.1 Å². The Morgan fingerprint density at radius 2 is 1.71 bits per heavy atom. The number of aryl methyl sites for hydroxylation is 1. The predicted octanol–water partition coefficient (Wildman–Crippen LogP) is 4.46. The summed E-state index contributed by atoms with van der Waals surface area (Å²) in [5.41, 5.74) is 1.83. The van der Waals surface area contributed by atoms with Gasteiger partial charge in [-0.15, -0.1) is 5.10 Å². The summed E-state index contributed by atoms with van der Waals surface area (Å²) in [7, 11) is 1.80. The van der Waals surface area contributed by atoms with Gasteiger partial charge in [0, 0.05) is 24.6 Å². The van der Waals surface area contributed by atoms with Gasteiger partial charge in [0.15, 0.2) is 0 Å². The summed E-state index contributed by atoms with van der Waals surface area (Å²) in [6.45, 7) is 12.9. The maximum absolute atomic E-state index is 12.2. The van der Waals surface area contributed by atoms with Crippen LogP contribution in [0.1, 0.15) is 54.0 Å². The van der Waals surface area contributed by atoms with Gasteiger partial charge < -0.3 is 14.8 Å². The van der Waals surface area contributed by atoms with Crippen molar-refractivity contribution in [3.05, 3.63) is 17.7 Å². The number of hydrogen-bond donors (Lipinski definition) is 2. The Morgan fingerprint density at radius 1 is 1.10 bits per heavy atom. The Labute approximate surface area is 187 Å². The van der Waals surface area contributed by atoms with E-state index in [2.05, 4.69) is 20.9 Å². The van der Waals surface area contributed by atoms with E-state index in [4.69, 9.17) is 9.47 Å². The van der Waals surface area contributed by atoms with Crippen LogP contribution in [0.25, 0.3) is 11.0 Å². The average molecular weight is 452 g/mol. The second-order valence-corrected chi connectivity index (χ2v) is 10.4. The fourth-order valence-electron chi connectivity index (χ4n) is 2.69. The molecule has 0 bridgehead atoms. The number of alkyl carbamates (subject to hydrolysis) is 1. The number of amides is 2. The van der Waals surface area contributed by atoms with E-state index in [1.807, 2.05) is 60.6 Å². The molecule has 10 heteroatoms. The molecule has 0 radical (unpaired) electrons. The Hall–Kier alpha value is -2.49. The number of hydrogen-bond acceptors (Lipinski definition) is 7. The van der Waals surface area contributed by atoms with E-state index in [-0.39, 0.29) is 6.04 Å². The van der Waals surface area contributed by atoms with Crippen LogP contribution >= 0.6 is 11.8 Å². The summed E-state index contributed by atoms with van der Waals surface area (Å²) in [6.07, 6.45) is -0.966. The highest BCUT2D eigenvalue weighted by Gasteiger charge is 2.20. The van der Waals surface area contributed by atoms with Crippen LogP contribution in [0.3, 0.4) is 0 Å². The summed E-state index contributed by atoms with van der Waals surface area (Å²) in [6, 6.07) is 3.82. The van der Waals surface area contributed by atoms with Gasteiger partial charge in [0.1, 0.15) is 16.7 Å². The molecule has 2 aromatic rings. The lowest BCUT2D eigenvalue weighted by atomic mass is 10.2. The molecule has 2 N–H and O–H groups in total. The summed E-state index contributed by atoms with van der Waals surface area (Å²) < 4.78 is 12.3. The third-order valence-electron chi connectivity index (χ3n) is 3.81. The number of nitrogens with one attached hydrogen (secondary N) is 2. The Balaban J connectivity index is 2.03. The van der Waals surface area contributed by atoms with Crippen LogP contribution in [0.2, 0.25) is 0 Å². The van der Waals surface area contributed by atoms with Crippen molar-refractivity contribution in [1.29, 1.82) is 0 Å². The van der Waals surface area contributed by atoms with Crippen LogP contribution < -0.4 is 10.6 Å². The zero-order valence-corrected chi connectivity index (χ0v) is 20.3. The summed E-state index contributed by atoms with van der Waals surface area (Å²) in [4.78, 5) is 24.1. The first-order valence-corrected chi connectivity index (χ1v) is 11.3. The van der Waals surface area contributed by atoms with Crippen molar-refractivity contribution in [3.8, 4) is 0 Å². The quantitative estimate of drug-likeness (QED) is 0.667. The number of benzene rings is 1. The molecular formula is C21H33N5O4S. The molecule has 1 aromatic carbocycles. The molecule has 172 valence electrons. The van der Waals surface area contributed by atoms with Crippen LogP contribution in [0.15, 0.2) is 12.1 Å². The van der Waals surface area contributed by atoms with E-state index in [1.54, 1.807) is 23.5 Å². The molecule has 9 nitrogen and oxygen atoms in total. The maximum atomic E-state index is 12.2. The highest BCUT2D eigenvalue weighted by atomic mass is 32.2. The van der Waals surface area contributed by atoms with Crippen molar-refractivity contribution in [2.75, 3.05) is 11.1 Å². The smallest absolute Gasteiger partial charge is 0.412 e. The number of carbonyl (C=O) groups excluding carboxylic acids is 2. The van der Waals surface area contributed by atoms with Crippen molar-refractivity contribution in [1.82, 2.24) is 20.3 Å². The van der Waals surface area contributed by atoms with Crippen molar-refractivity contribution >= 4 is 40.7 Å². The number of ether oxygens (including phenoxy) is 2. The van der Waals surface area contributed by atoms with Crippen LogP contribution in [-0.2, 0) is 22.3 Å². The second-order valence-electron chi connectivity index (χ2n) is 9.41. The number of carbonyl (C=O) groups is 2. The average Bonchev–Trinajstić information content (AvgIpc) is 2.92. The van der Waals surface area contributed by atoms with E-state index in [0.717, 1.165) is 11.1 Å². The molecule has 0 fully saturated rings. The molecule has 1 heterocycles. The lowest BCUT2D eigenvalue weighted by Gasteiger charge is -2.21. The van der Waals surface area contributed by atoms with Gasteiger partial charge >= 0.3 is 12.2 Å². The topological polar surface area (TPSA) is 107 Å². The number of nitrogens with zero attached hydrogens (tertiary/aromatic N) is 3. The normalized spacial score (nSPS) is 13.0. The minimum absolute atomic E-state index is 0.0543. The number of rotatable bonds is 6. The van der Waals surface area contributed by atoms with Gasteiger partial charge in [0.2, 0.25) is 0 Å². The molecule has 31 heavy (non-hydrogen) atoms. The monoisotopic (exact) mass is 451 g/mol. The fraction of sp³-hybridized carbons (Fsp3) is 0.619. The molecule has 0 saturated carbocycles. The molecule has 0 aliphatic heterocycles. The Bertz CT molecular complexity index is 930. The number of fused-ring (bicyclic) bond motifs is 1. The van der Waals surface area contributed by atoms with Gasteiger partial charge in [-0.1, -0.05) is 5.21 Å². The van der Waals surface area contributed by atoms with E-state index >= 15 is 0 Å². The lowest BCUT2D eigenvalue weighted by Crippen LogP contribution is -2.38. The number of anilines is 1. The van der Waals surface area contributed by atoms with Crippen LogP contribution in [0, 0.1) is 0 Å². The van der Waals surface area contributed by atoms with Gasteiger partial charge in [0.25, 0.3) is 0 Å². The first-order chi connectivity index (χ1) is 14.2. The van der Waals surface area contributed by atoms with Crippen molar-refractivity contribution in [2.45, 2.75) is 71.5 Å². The molecule has 0 saturated heterocycles. The molecule has 0 aliphatic rings. The minimum Gasteiger partial charge on any atom is -0.444 e. The molecule has 0 unspecified atom stereocenters. The van der Waals surface area contributed by atoms with Crippen LogP contribution in [0.4, 0.5) is 15.3 Å². The van der Waals surface area contributed by atoms with Crippen molar-refractivity contribution in [3.63, 3.8) is 0 Å².